The van der Waals surface area contributed by atoms with Crippen molar-refractivity contribution in [2.75, 3.05) is 19.0 Å². The lowest BCUT2D eigenvalue weighted by Crippen LogP contribution is -2.64. The number of carbonyl (C=O) groups is 1. The summed E-state index contributed by atoms with van der Waals surface area (Å²) in [4.78, 5) is 18.9. The van der Waals surface area contributed by atoms with Crippen molar-refractivity contribution >= 4 is 18.5 Å². The first kappa shape index (κ1) is 21.1. The van der Waals surface area contributed by atoms with Crippen molar-refractivity contribution in [3.8, 4) is 0 Å². The number of thiol groups is 1. The maximum Gasteiger partial charge on any atom is 0.226 e. The van der Waals surface area contributed by atoms with Crippen LogP contribution in [0.2, 0.25) is 0 Å². The Morgan fingerprint density at radius 3 is 2.81 bits per heavy atom. The van der Waals surface area contributed by atoms with Gasteiger partial charge in [0.15, 0.2) is 6.29 Å². The Hall–Kier alpha value is -1.17. The number of imidazole rings is 1. The van der Waals surface area contributed by atoms with Crippen LogP contribution in [0.25, 0.3) is 0 Å². The summed E-state index contributed by atoms with van der Waals surface area (Å²) in [6.07, 6.45) is 1.10. The molecule has 5 N–H and O–H groups in total. The fourth-order valence-corrected chi connectivity index (χ4v) is 2.98. The van der Waals surface area contributed by atoms with Crippen LogP contribution in [0.3, 0.4) is 0 Å². The van der Waals surface area contributed by atoms with Crippen LogP contribution < -0.4 is 5.32 Å². The molecular weight excluding hydrogens is 362 g/mol. The van der Waals surface area contributed by atoms with Crippen molar-refractivity contribution in [3.63, 3.8) is 0 Å². The highest BCUT2D eigenvalue weighted by molar-refractivity contribution is 7.80. The minimum Gasteiger partial charge on any atom is -0.394 e. The molecule has 0 aromatic carbocycles. The van der Waals surface area contributed by atoms with E-state index in [1.54, 1.807) is 0 Å². The molecule has 1 aromatic heterocycles. The molecule has 26 heavy (non-hydrogen) atoms. The molecule has 0 bridgehead atoms. The quantitative estimate of drug-likeness (QED) is 0.223. The molecule has 9 nitrogen and oxygen atoms in total. The van der Waals surface area contributed by atoms with Crippen LogP contribution in [0.4, 0.5) is 0 Å². The van der Waals surface area contributed by atoms with E-state index in [0.717, 1.165) is 25.0 Å². The van der Waals surface area contributed by atoms with Crippen LogP contribution >= 0.6 is 12.6 Å². The van der Waals surface area contributed by atoms with E-state index in [0.29, 0.717) is 12.3 Å². The molecule has 1 fully saturated rings. The van der Waals surface area contributed by atoms with Gasteiger partial charge in [0.05, 0.1) is 19.4 Å². The van der Waals surface area contributed by atoms with Gasteiger partial charge < -0.3 is 35.1 Å². The third kappa shape index (κ3) is 5.93. The molecule has 2 rings (SSSR count). The summed E-state index contributed by atoms with van der Waals surface area (Å²) in [5.41, 5.74) is 0.617. The first-order valence-corrected chi connectivity index (χ1v) is 9.31. The lowest BCUT2D eigenvalue weighted by molar-refractivity contribution is -0.270. The number of aromatic amines is 1. The number of H-pyrrole nitrogens is 1. The molecular formula is C16H27N3O6S. The highest BCUT2D eigenvalue weighted by Gasteiger charge is 2.45. The number of ether oxygens (including phenoxy) is 2. The molecule has 1 aromatic rings. The van der Waals surface area contributed by atoms with Gasteiger partial charge in [-0.15, -0.1) is 0 Å². The van der Waals surface area contributed by atoms with E-state index in [9.17, 15) is 20.1 Å². The van der Waals surface area contributed by atoms with Crippen LogP contribution in [-0.2, 0) is 20.7 Å². The van der Waals surface area contributed by atoms with Gasteiger partial charge in [-0.3, -0.25) is 4.79 Å². The van der Waals surface area contributed by atoms with Gasteiger partial charge in [-0.05, 0) is 18.6 Å². The minimum absolute atomic E-state index is 0.0391. The summed E-state index contributed by atoms with van der Waals surface area (Å²) >= 11 is 4.15. The van der Waals surface area contributed by atoms with E-state index >= 15 is 0 Å². The molecule has 1 amide bonds. The van der Waals surface area contributed by atoms with Gasteiger partial charge in [0.2, 0.25) is 5.91 Å². The largest absolute Gasteiger partial charge is 0.394 e. The minimum atomic E-state index is -1.33. The molecule has 1 saturated heterocycles. The van der Waals surface area contributed by atoms with Crippen molar-refractivity contribution in [2.45, 2.75) is 56.3 Å². The van der Waals surface area contributed by atoms with Gasteiger partial charge in [0.1, 0.15) is 24.4 Å². The summed E-state index contributed by atoms with van der Waals surface area (Å²) in [6, 6.07) is -0.951. The first-order valence-electron chi connectivity index (χ1n) is 8.68. The zero-order valence-corrected chi connectivity index (χ0v) is 15.3. The van der Waals surface area contributed by atoms with Crippen LogP contribution in [0.5, 0.6) is 0 Å². The second-order valence-electron chi connectivity index (χ2n) is 6.21. The zero-order chi connectivity index (χ0) is 18.9. The van der Waals surface area contributed by atoms with Gasteiger partial charge in [-0.25, -0.2) is 4.98 Å². The fraction of sp³-hybridized carbons (Fsp3) is 0.750. The average molecular weight is 389 g/mol. The number of nitrogens with zero attached hydrogens (tertiary/aromatic N) is 1. The number of hydrogen-bond donors (Lipinski definition) is 6. The van der Waals surface area contributed by atoms with Crippen LogP contribution in [-0.4, -0.2) is 80.8 Å². The number of aromatic nitrogens is 2. The Balaban J connectivity index is 1.95. The van der Waals surface area contributed by atoms with Crippen molar-refractivity contribution < 1.29 is 29.6 Å². The molecule has 1 aliphatic heterocycles. The smallest absolute Gasteiger partial charge is 0.226 e. The van der Waals surface area contributed by atoms with Crippen molar-refractivity contribution in [2.24, 2.45) is 0 Å². The lowest BCUT2D eigenvalue weighted by Gasteiger charge is -2.42. The number of unbranched alkanes of at least 4 members (excludes halogenated alkanes) is 2. The summed E-state index contributed by atoms with van der Waals surface area (Å²) < 4.78 is 11.2. The Morgan fingerprint density at radius 1 is 1.35 bits per heavy atom. The van der Waals surface area contributed by atoms with E-state index in [-0.39, 0.29) is 12.3 Å². The second-order valence-corrected chi connectivity index (χ2v) is 6.66. The number of nitrogens with one attached hydrogen (secondary N) is 2. The third-order valence-corrected chi connectivity index (χ3v) is 4.52. The van der Waals surface area contributed by atoms with Crippen molar-refractivity contribution in [3.05, 3.63) is 18.2 Å². The number of hydrogen-bond acceptors (Lipinski definition) is 8. The second kappa shape index (κ2) is 10.9. The summed E-state index contributed by atoms with van der Waals surface area (Å²) in [6.45, 7) is -0.0983. The normalized spacial score (nSPS) is 28.8. The number of rotatable bonds is 10. The van der Waals surface area contributed by atoms with Crippen LogP contribution in [0.15, 0.2) is 12.5 Å². The molecule has 148 valence electrons. The van der Waals surface area contributed by atoms with Gasteiger partial charge in [0, 0.05) is 18.5 Å². The van der Waals surface area contributed by atoms with Gasteiger partial charge in [0.25, 0.3) is 0 Å². The maximum absolute atomic E-state index is 12.2. The molecule has 2 heterocycles. The predicted octanol–water partition coefficient (Wildman–Crippen LogP) is -1.01. The van der Waals surface area contributed by atoms with E-state index in [1.165, 1.54) is 12.5 Å². The Kier molecular flexibility index (Phi) is 8.82. The standard InChI is InChI=1S/C16H27N3O6S/c20-8-11-14(22)15(23)13(16(25-11)24-4-2-1-3-5-26)19-12(21)6-10-7-17-9-18-10/h7,9,11,13-16,20,22-23,26H,1-6,8H2,(H,17,18)(H,19,21)/t11?,13?,14?,15?,16-/m1/s1. The Bertz CT molecular complexity index is 532. The summed E-state index contributed by atoms with van der Waals surface area (Å²) in [5.74, 6) is 0.421. The highest BCUT2D eigenvalue weighted by Crippen LogP contribution is 2.22. The average Bonchev–Trinajstić information content (AvgIpc) is 3.13. The van der Waals surface area contributed by atoms with E-state index < -0.39 is 37.3 Å². The molecule has 5 atom stereocenters. The molecule has 0 radical (unpaired) electrons. The van der Waals surface area contributed by atoms with E-state index in [4.69, 9.17) is 9.47 Å². The summed E-state index contributed by atoms with van der Waals surface area (Å²) in [5, 5.41) is 32.4. The molecule has 0 saturated carbocycles. The Morgan fingerprint density at radius 2 is 2.15 bits per heavy atom. The molecule has 10 heteroatoms. The lowest BCUT2D eigenvalue weighted by atomic mass is 9.96. The van der Waals surface area contributed by atoms with Crippen molar-refractivity contribution in [1.82, 2.24) is 15.3 Å². The molecule has 0 aliphatic carbocycles. The number of carbonyl (C=O) groups excluding carboxylic acids is 1. The SMILES string of the molecule is O=C(Cc1cnc[nH]1)NC1C(O)C(O)C(CO)O[C@H]1OCCCCCS. The topological polar surface area (TPSA) is 137 Å². The molecule has 4 unspecified atom stereocenters. The van der Waals surface area contributed by atoms with Crippen LogP contribution in [0, 0.1) is 0 Å². The molecule has 1 aliphatic rings. The third-order valence-electron chi connectivity index (χ3n) is 4.20. The number of aliphatic hydroxyl groups is 3. The highest BCUT2D eigenvalue weighted by atomic mass is 32.1. The van der Waals surface area contributed by atoms with Gasteiger partial charge >= 0.3 is 0 Å². The van der Waals surface area contributed by atoms with Crippen molar-refractivity contribution in [1.29, 1.82) is 0 Å². The van der Waals surface area contributed by atoms with E-state index in [1.807, 2.05) is 0 Å². The monoisotopic (exact) mass is 389 g/mol. The number of amides is 1. The predicted molar refractivity (Wildman–Crippen MR) is 95.6 cm³/mol. The van der Waals surface area contributed by atoms with Gasteiger partial charge in [-0.2, -0.15) is 12.6 Å². The van der Waals surface area contributed by atoms with E-state index in [2.05, 4.69) is 27.9 Å². The zero-order valence-electron chi connectivity index (χ0n) is 14.5. The summed E-state index contributed by atoms with van der Waals surface area (Å²) in [7, 11) is 0. The maximum atomic E-state index is 12.2. The fourth-order valence-electron chi connectivity index (χ4n) is 2.76. The number of aliphatic hydroxyl groups excluding tert-OH is 3. The first-order chi connectivity index (χ1) is 12.6. The molecule has 0 spiro atoms. The Labute approximate surface area is 157 Å². The van der Waals surface area contributed by atoms with Gasteiger partial charge in [-0.1, -0.05) is 6.42 Å². The van der Waals surface area contributed by atoms with Crippen LogP contribution in [0.1, 0.15) is 25.0 Å².